The molecular formula is C26H28N4O2. The second kappa shape index (κ2) is 7.27. The van der Waals surface area contributed by atoms with E-state index in [-0.39, 0.29) is 17.4 Å². The summed E-state index contributed by atoms with van der Waals surface area (Å²) in [6.45, 7) is 2.28. The molecule has 4 aliphatic rings. The van der Waals surface area contributed by atoms with Gasteiger partial charge in [0.25, 0.3) is 0 Å². The number of rotatable bonds is 3. The Labute approximate surface area is 188 Å². The highest BCUT2D eigenvalue weighted by Crippen LogP contribution is 2.46. The van der Waals surface area contributed by atoms with Crippen molar-refractivity contribution < 1.29 is 9.59 Å². The van der Waals surface area contributed by atoms with Gasteiger partial charge >= 0.3 is 0 Å². The van der Waals surface area contributed by atoms with Gasteiger partial charge in [-0.3, -0.25) is 9.59 Å². The molecule has 6 nitrogen and oxygen atoms in total. The van der Waals surface area contributed by atoms with Crippen LogP contribution in [0.25, 0.3) is 6.08 Å². The van der Waals surface area contributed by atoms with Crippen molar-refractivity contribution in [1.29, 1.82) is 0 Å². The SMILES string of the molecule is O=C1N(C/C=C/c2ccc3c(c2)CC2(C3)C(=O)Nc3ncccc32)CCNC12CCCC2. The molecule has 6 rings (SSSR count). The second-order valence-electron chi connectivity index (χ2n) is 9.69. The summed E-state index contributed by atoms with van der Waals surface area (Å²) < 4.78 is 0. The van der Waals surface area contributed by atoms with Crippen LogP contribution >= 0.6 is 0 Å². The number of anilines is 1. The number of nitrogens with one attached hydrogen (secondary N) is 2. The molecule has 1 unspecified atom stereocenters. The average molecular weight is 429 g/mol. The minimum absolute atomic E-state index is 0.0533. The number of hydrogen-bond donors (Lipinski definition) is 2. The van der Waals surface area contributed by atoms with E-state index in [1.165, 1.54) is 11.1 Å². The molecule has 0 radical (unpaired) electrons. The average Bonchev–Trinajstić information content (AvgIpc) is 3.49. The molecule has 1 aromatic carbocycles. The zero-order valence-electron chi connectivity index (χ0n) is 18.2. The molecule has 2 aliphatic carbocycles. The number of benzene rings is 1. The number of hydrogen-bond acceptors (Lipinski definition) is 4. The number of pyridine rings is 1. The van der Waals surface area contributed by atoms with E-state index in [1.54, 1.807) is 6.20 Å². The molecular weight excluding hydrogens is 400 g/mol. The highest BCUT2D eigenvalue weighted by molar-refractivity contribution is 6.06. The van der Waals surface area contributed by atoms with Crippen LogP contribution in [0.2, 0.25) is 0 Å². The van der Waals surface area contributed by atoms with Crippen LogP contribution in [0.5, 0.6) is 0 Å². The summed E-state index contributed by atoms with van der Waals surface area (Å²) in [5.74, 6) is 1.02. The Morgan fingerprint density at radius 2 is 1.94 bits per heavy atom. The predicted octanol–water partition coefficient (Wildman–Crippen LogP) is 2.83. The summed E-state index contributed by atoms with van der Waals surface area (Å²) in [5, 5.41) is 6.46. The minimum atomic E-state index is -0.531. The molecule has 2 aromatic rings. The zero-order valence-corrected chi connectivity index (χ0v) is 18.2. The Hall–Kier alpha value is -2.99. The van der Waals surface area contributed by atoms with Crippen molar-refractivity contribution in [3.05, 3.63) is 64.9 Å². The Balaban J connectivity index is 1.18. The van der Waals surface area contributed by atoms with E-state index in [2.05, 4.69) is 46.0 Å². The first-order valence-electron chi connectivity index (χ1n) is 11.7. The first-order chi connectivity index (χ1) is 15.6. The maximum atomic E-state index is 13.0. The lowest BCUT2D eigenvalue weighted by Gasteiger charge is -2.40. The number of nitrogens with zero attached hydrogens (tertiary/aromatic N) is 2. The van der Waals surface area contributed by atoms with Crippen LogP contribution in [0.3, 0.4) is 0 Å². The van der Waals surface area contributed by atoms with Crippen LogP contribution in [0.15, 0.2) is 42.6 Å². The third-order valence-electron chi connectivity index (χ3n) is 7.84. The number of carbonyl (C=O) groups excluding carboxylic acids is 2. The van der Waals surface area contributed by atoms with Gasteiger partial charge in [0.2, 0.25) is 11.8 Å². The molecule has 2 N–H and O–H groups in total. The van der Waals surface area contributed by atoms with E-state index in [4.69, 9.17) is 0 Å². The summed E-state index contributed by atoms with van der Waals surface area (Å²) in [7, 11) is 0. The summed E-state index contributed by atoms with van der Waals surface area (Å²) in [4.78, 5) is 32.2. The van der Waals surface area contributed by atoms with E-state index in [9.17, 15) is 9.59 Å². The molecule has 2 fully saturated rings. The van der Waals surface area contributed by atoms with E-state index < -0.39 is 5.41 Å². The molecule has 1 atom stereocenters. The first kappa shape index (κ1) is 19.7. The number of amides is 2. The maximum absolute atomic E-state index is 13.0. The fraction of sp³-hybridized carbons (Fsp3) is 0.423. The molecule has 6 heteroatoms. The van der Waals surface area contributed by atoms with Crippen molar-refractivity contribution in [1.82, 2.24) is 15.2 Å². The van der Waals surface area contributed by atoms with Crippen molar-refractivity contribution >= 4 is 23.7 Å². The van der Waals surface area contributed by atoms with Gasteiger partial charge in [0, 0.05) is 31.4 Å². The normalized spacial score (nSPS) is 25.7. The molecule has 1 saturated heterocycles. The van der Waals surface area contributed by atoms with Gasteiger partial charge in [0.1, 0.15) is 5.82 Å². The van der Waals surface area contributed by atoms with Crippen LogP contribution in [-0.2, 0) is 27.8 Å². The van der Waals surface area contributed by atoms with Gasteiger partial charge < -0.3 is 15.5 Å². The van der Waals surface area contributed by atoms with Crippen LogP contribution in [-0.4, -0.2) is 46.9 Å². The van der Waals surface area contributed by atoms with Gasteiger partial charge in [-0.15, -0.1) is 0 Å². The Kier molecular flexibility index (Phi) is 4.47. The van der Waals surface area contributed by atoms with Crippen LogP contribution < -0.4 is 10.6 Å². The van der Waals surface area contributed by atoms with Crippen LogP contribution in [0.4, 0.5) is 5.82 Å². The molecule has 164 valence electrons. The molecule has 32 heavy (non-hydrogen) atoms. The molecule has 2 spiro atoms. The highest BCUT2D eigenvalue weighted by Gasteiger charge is 2.51. The number of carbonyl (C=O) groups is 2. The monoisotopic (exact) mass is 428 g/mol. The van der Waals surface area contributed by atoms with Gasteiger partial charge in [-0.2, -0.15) is 0 Å². The van der Waals surface area contributed by atoms with Gasteiger partial charge in [-0.25, -0.2) is 4.98 Å². The second-order valence-corrected chi connectivity index (χ2v) is 9.69. The van der Waals surface area contributed by atoms with Crippen molar-refractivity contribution in [3.8, 4) is 0 Å². The topological polar surface area (TPSA) is 74.3 Å². The Bertz CT molecular complexity index is 1130. The van der Waals surface area contributed by atoms with Gasteiger partial charge in [0.15, 0.2) is 0 Å². The van der Waals surface area contributed by atoms with Gasteiger partial charge in [0.05, 0.1) is 11.0 Å². The summed E-state index contributed by atoms with van der Waals surface area (Å²) >= 11 is 0. The molecule has 3 heterocycles. The number of fused-ring (bicyclic) bond motifs is 3. The van der Waals surface area contributed by atoms with Crippen molar-refractivity contribution in [2.75, 3.05) is 25.0 Å². The standard InChI is InChI=1S/C26H28N4O2/c31-23-25(21-6-3-11-27-22(21)29-23)16-19-8-7-18(15-20(19)17-25)5-4-13-30-14-12-28-26(24(30)32)9-1-2-10-26/h3-8,11,15,28H,1-2,9-10,12-14,16-17H2,(H,27,29,31)/b5-4+. The summed E-state index contributed by atoms with van der Waals surface area (Å²) in [5.41, 5.74) is 3.75. The predicted molar refractivity (Wildman–Crippen MR) is 123 cm³/mol. The maximum Gasteiger partial charge on any atom is 0.243 e. The molecule has 2 aliphatic heterocycles. The molecule has 1 saturated carbocycles. The molecule has 0 bridgehead atoms. The molecule has 2 amide bonds. The zero-order chi connectivity index (χ0) is 21.8. The van der Waals surface area contributed by atoms with Crippen molar-refractivity contribution in [3.63, 3.8) is 0 Å². The smallest absolute Gasteiger partial charge is 0.243 e. The first-order valence-corrected chi connectivity index (χ1v) is 11.7. The number of aromatic nitrogens is 1. The summed E-state index contributed by atoms with van der Waals surface area (Å²) in [6.07, 6.45) is 11.5. The lowest BCUT2D eigenvalue weighted by molar-refractivity contribution is -0.140. The third-order valence-corrected chi connectivity index (χ3v) is 7.84. The molecule has 1 aromatic heterocycles. The van der Waals surface area contributed by atoms with Gasteiger partial charge in [-0.1, -0.05) is 49.3 Å². The van der Waals surface area contributed by atoms with E-state index >= 15 is 0 Å². The van der Waals surface area contributed by atoms with Crippen LogP contribution in [0.1, 0.15) is 47.9 Å². The Morgan fingerprint density at radius 1 is 1.09 bits per heavy atom. The quantitative estimate of drug-likeness (QED) is 0.789. The fourth-order valence-electron chi connectivity index (χ4n) is 6.16. The largest absolute Gasteiger partial charge is 0.336 e. The third kappa shape index (κ3) is 2.93. The van der Waals surface area contributed by atoms with E-state index in [1.807, 2.05) is 17.0 Å². The minimum Gasteiger partial charge on any atom is -0.336 e. The van der Waals surface area contributed by atoms with Crippen molar-refractivity contribution in [2.24, 2.45) is 0 Å². The summed E-state index contributed by atoms with van der Waals surface area (Å²) in [6, 6.07) is 10.4. The van der Waals surface area contributed by atoms with Crippen molar-refractivity contribution in [2.45, 2.75) is 49.5 Å². The van der Waals surface area contributed by atoms with Gasteiger partial charge in [-0.05, 0) is 48.4 Å². The highest BCUT2D eigenvalue weighted by atomic mass is 16.2. The van der Waals surface area contributed by atoms with E-state index in [0.29, 0.717) is 25.2 Å². The Morgan fingerprint density at radius 3 is 2.81 bits per heavy atom. The van der Waals surface area contributed by atoms with Crippen LogP contribution in [0, 0.1) is 0 Å². The lowest BCUT2D eigenvalue weighted by atomic mass is 9.79. The number of piperazine rings is 1. The lowest BCUT2D eigenvalue weighted by Crippen LogP contribution is -2.63. The fourth-order valence-corrected chi connectivity index (χ4v) is 6.16. The van der Waals surface area contributed by atoms with E-state index in [0.717, 1.165) is 49.9 Å².